The van der Waals surface area contributed by atoms with Crippen LogP contribution in [-0.2, 0) is 11.2 Å². The average Bonchev–Trinajstić information content (AvgIpc) is 2.53. The number of piperidine rings is 1. The van der Waals surface area contributed by atoms with Crippen LogP contribution in [0, 0.1) is 0 Å². The Labute approximate surface area is 128 Å². The molecule has 2 rings (SSSR count). The molecule has 0 radical (unpaired) electrons. The fourth-order valence-corrected chi connectivity index (χ4v) is 2.85. The molecule has 1 fully saturated rings. The molecule has 118 valence electrons. The van der Waals surface area contributed by atoms with Gasteiger partial charge in [-0.1, -0.05) is 19.9 Å². The number of anilines is 1. The second-order valence-corrected chi connectivity index (χ2v) is 5.94. The summed E-state index contributed by atoms with van der Waals surface area (Å²) in [5, 5.41) is 0. The lowest BCUT2D eigenvalue weighted by Crippen LogP contribution is -2.41. The van der Waals surface area contributed by atoms with Crippen molar-refractivity contribution >= 4 is 5.82 Å². The van der Waals surface area contributed by atoms with E-state index < -0.39 is 0 Å². The summed E-state index contributed by atoms with van der Waals surface area (Å²) in [6.07, 6.45) is 7.53. The van der Waals surface area contributed by atoms with Crippen molar-refractivity contribution < 1.29 is 4.74 Å². The Morgan fingerprint density at radius 2 is 2.33 bits per heavy atom. The first kappa shape index (κ1) is 16.2. The van der Waals surface area contributed by atoms with Gasteiger partial charge in [-0.05, 0) is 43.7 Å². The van der Waals surface area contributed by atoms with E-state index in [9.17, 15) is 0 Å². The number of nitrogens with two attached hydrogens (primary N) is 1. The van der Waals surface area contributed by atoms with Crippen LogP contribution in [0.2, 0.25) is 0 Å². The number of aromatic nitrogens is 1. The maximum absolute atomic E-state index is 6.13. The van der Waals surface area contributed by atoms with Crippen LogP contribution in [0.5, 0.6) is 0 Å². The molecule has 4 heteroatoms. The fourth-order valence-electron chi connectivity index (χ4n) is 2.85. The Hall–Kier alpha value is -1.13. The zero-order valence-corrected chi connectivity index (χ0v) is 13.4. The van der Waals surface area contributed by atoms with Crippen LogP contribution in [0.4, 0.5) is 5.82 Å². The second-order valence-electron chi connectivity index (χ2n) is 5.94. The van der Waals surface area contributed by atoms with Gasteiger partial charge in [0.2, 0.25) is 0 Å². The SMILES string of the molecule is CCCOC1CCCN(c2ncccc2CC(N)CC)C1. The second kappa shape index (κ2) is 8.35. The minimum Gasteiger partial charge on any atom is -0.376 e. The van der Waals surface area contributed by atoms with E-state index in [-0.39, 0.29) is 6.04 Å². The van der Waals surface area contributed by atoms with Crippen molar-refractivity contribution in [1.82, 2.24) is 4.98 Å². The van der Waals surface area contributed by atoms with Crippen LogP contribution in [0.1, 0.15) is 45.1 Å². The number of pyridine rings is 1. The third-order valence-electron chi connectivity index (χ3n) is 4.11. The Balaban J connectivity index is 2.06. The molecule has 4 nitrogen and oxygen atoms in total. The van der Waals surface area contributed by atoms with Crippen molar-refractivity contribution in [2.24, 2.45) is 5.73 Å². The maximum Gasteiger partial charge on any atom is 0.131 e. The zero-order valence-electron chi connectivity index (χ0n) is 13.4. The average molecular weight is 291 g/mol. The van der Waals surface area contributed by atoms with Crippen molar-refractivity contribution in [3.05, 3.63) is 23.9 Å². The first-order valence-electron chi connectivity index (χ1n) is 8.30. The van der Waals surface area contributed by atoms with Gasteiger partial charge in [-0.15, -0.1) is 0 Å². The lowest BCUT2D eigenvalue weighted by Gasteiger charge is -2.34. The van der Waals surface area contributed by atoms with Crippen LogP contribution >= 0.6 is 0 Å². The number of nitrogens with zero attached hydrogens (tertiary/aromatic N) is 2. The van der Waals surface area contributed by atoms with E-state index in [0.29, 0.717) is 6.10 Å². The monoisotopic (exact) mass is 291 g/mol. The molecule has 2 N–H and O–H groups in total. The van der Waals surface area contributed by atoms with Gasteiger partial charge in [-0.2, -0.15) is 0 Å². The van der Waals surface area contributed by atoms with Crippen LogP contribution < -0.4 is 10.6 Å². The molecule has 0 aliphatic carbocycles. The Kier molecular flexibility index (Phi) is 6.46. The van der Waals surface area contributed by atoms with Crippen LogP contribution in [0.25, 0.3) is 0 Å². The highest BCUT2D eigenvalue weighted by Gasteiger charge is 2.23. The minimum absolute atomic E-state index is 0.213. The Bertz CT molecular complexity index is 424. The molecule has 2 unspecified atom stereocenters. The highest BCUT2D eigenvalue weighted by atomic mass is 16.5. The number of hydrogen-bond donors (Lipinski definition) is 1. The van der Waals surface area contributed by atoms with Gasteiger partial charge in [0.1, 0.15) is 5.82 Å². The normalized spacial score (nSPS) is 20.5. The summed E-state index contributed by atoms with van der Waals surface area (Å²) in [4.78, 5) is 7.00. The lowest BCUT2D eigenvalue weighted by molar-refractivity contribution is 0.0439. The molecule has 0 spiro atoms. The zero-order chi connectivity index (χ0) is 15.1. The molecule has 2 atom stereocenters. The summed E-state index contributed by atoms with van der Waals surface area (Å²) in [5.74, 6) is 1.10. The molecule has 0 saturated carbocycles. The lowest BCUT2D eigenvalue weighted by atomic mass is 10.0. The highest BCUT2D eigenvalue weighted by molar-refractivity contribution is 5.47. The quantitative estimate of drug-likeness (QED) is 0.839. The van der Waals surface area contributed by atoms with Gasteiger partial charge >= 0.3 is 0 Å². The molecule has 1 aromatic rings. The van der Waals surface area contributed by atoms with Crippen LogP contribution in [0.3, 0.4) is 0 Å². The first-order chi connectivity index (χ1) is 10.2. The molecule has 0 amide bonds. The predicted octanol–water partition coefficient (Wildman–Crippen LogP) is 2.76. The molecule has 21 heavy (non-hydrogen) atoms. The molecule has 0 bridgehead atoms. The minimum atomic E-state index is 0.213. The molecule has 1 saturated heterocycles. The van der Waals surface area contributed by atoms with Gasteiger partial charge in [0.15, 0.2) is 0 Å². The van der Waals surface area contributed by atoms with E-state index in [1.807, 2.05) is 12.3 Å². The van der Waals surface area contributed by atoms with Crippen molar-refractivity contribution in [2.45, 2.75) is 58.1 Å². The molecule has 1 aliphatic rings. The van der Waals surface area contributed by atoms with Crippen LogP contribution in [0.15, 0.2) is 18.3 Å². The van der Waals surface area contributed by atoms with Gasteiger partial charge in [-0.3, -0.25) is 0 Å². The third kappa shape index (κ3) is 4.68. The number of rotatable bonds is 7. The standard InChI is InChI=1S/C17H29N3O/c1-3-11-21-16-8-6-10-20(13-16)17-14(7-5-9-19-17)12-15(18)4-2/h5,7,9,15-16H,3-4,6,8,10-13,18H2,1-2H3. The van der Waals surface area contributed by atoms with Crippen molar-refractivity contribution in [1.29, 1.82) is 0 Å². The van der Waals surface area contributed by atoms with E-state index in [0.717, 1.165) is 51.2 Å². The molecule has 0 aromatic carbocycles. The van der Waals surface area contributed by atoms with E-state index in [1.165, 1.54) is 12.0 Å². The predicted molar refractivity (Wildman–Crippen MR) is 87.7 cm³/mol. The number of hydrogen-bond acceptors (Lipinski definition) is 4. The Morgan fingerprint density at radius 3 is 3.10 bits per heavy atom. The van der Waals surface area contributed by atoms with E-state index in [4.69, 9.17) is 10.5 Å². The molecular formula is C17H29N3O. The van der Waals surface area contributed by atoms with Crippen molar-refractivity contribution in [3.8, 4) is 0 Å². The first-order valence-corrected chi connectivity index (χ1v) is 8.30. The fraction of sp³-hybridized carbons (Fsp3) is 0.706. The smallest absolute Gasteiger partial charge is 0.131 e. The molecule has 1 aromatic heterocycles. The van der Waals surface area contributed by atoms with E-state index >= 15 is 0 Å². The summed E-state index contributed by atoms with van der Waals surface area (Å²) < 4.78 is 5.93. The highest BCUT2D eigenvalue weighted by Crippen LogP contribution is 2.24. The van der Waals surface area contributed by atoms with E-state index in [2.05, 4.69) is 29.8 Å². The summed E-state index contributed by atoms with van der Waals surface area (Å²) in [6.45, 7) is 7.16. The van der Waals surface area contributed by atoms with Gasteiger partial charge in [0.25, 0.3) is 0 Å². The van der Waals surface area contributed by atoms with Gasteiger partial charge in [0, 0.05) is 31.9 Å². The van der Waals surface area contributed by atoms with Crippen molar-refractivity contribution in [3.63, 3.8) is 0 Å². The van der Waals surface area contributed by atoms with Gasteiger partial charge < -0.3 is 15.4 Å². The largest absolute Gasteiger partial charge is 0.376 e. The molecule has 2 heterocycles. The summed E-state index contributed by atoms with van der Waals surface area (Å²) in [7, 11) is 0. The summed E-state index contributed by atoms with van der Waals surface area (Å²) >= 11 is 0. The topological polar surface area (TPSA) is 51.4 Å². The number of ether oxygens (including phenoxy) is 1. The third-order valence-corrected chi connectivity index (χ3v) is 4.11. The van der Waals surface area contributed by atoms with Gasteiger partial charge in [-0.25, -0.2) is 4.98 Å². The van der Waals surface area contributed by atoms with Gasteiger partial charge in [0.05, 0.1) is 6.10 Å². The van der Waals surface area contributed by atoms with Crippen molar-refractivity contribution in [2.75, 3.05) is 24.6 Å². The molecule has 1 aliphatic heterocycles. The Morgan fingerprint density at radius 1 is 1.48 bits per heavy atom. The van der Waals surface area contributed by atoms with Crippen LogP contribution in [-0.4, -0.2) is 36.8 Å². The maximum atomic E-state index is 6.13. The molecular weight excluding hydrogens is 262 g/mol. The summed E-state index contributed by atoms with van der Waals surface area (Å²) in [5.41, 5.74) is 7.39. The summed E-state index contributed by atoms with van der Waals surface area (Å²) in [6, 6.07) is 4.38. The van der Waals surface area contributed by atoms with E-state index in [1.54, 1.807) is 0 Å².